The lowest BCUT2D eigenvalue weighted by Crippen LogP contribution is -2.39. The molecule has 0 aliphatic heterocycles. The van der Waals surface area contributed by atoms with Gasteiger partial charge in [-0.2, -0.15) is 0 Å². The second-order valence-corrected chi connectivity index (χ2v) is 7.54. The molecule has 4 nitrogen and oxygen atoms in total. The van der Waals surface area contributed by atoms with Gasteiger partial charge in [0.15, 0.2) is 0 Å². The highest BCUT2D eigenvalue weighted by atomic mass is 16.4. The van der Waals surface area contributed by atoms with Crippen LogP contribution in [0.4, 0.5) is 0 Å². The van der Waals surface area contributed by atoms with Crippen LogP contribution in [0.3, 0.4) is 0 Å². The number of rotatable bonds is 5. The minimum atomic E-state index is -0.806. The van der Waals surface area contributed by atoms with Gasteiger partial charge in [0.05, 0.1) is 5.41 Å². The molecule has 2 saturated carbocycles. The smallest absolute Gasteiger partial charge is 0.309 e. The summed E-state index contributed by atoms with van der Waals surface area (Å²) in [6.07, 6.45) is 9.06. The van der Waals surface area contributed by atoms with E-state index in [1.807, 2.05) is 0 Å². The molecule has 0 bridgehead atoms. The van der Waals surface area contributed by atoms with Gasteiger partial charge in [0.1, 0.15) is 0 Å². The molecule has 2 fully saturated rings. The van der Waals surface area contributed by atoms with Gasteiger partial charge in [-0.05, 0) is 51.4 Å². The molecule has 0 radical (unpaired) electrons. The standard InChI is InChI=1S/C17H29NO3/c1-17(2,16(20)21)9-10-18-15(19)14-8-7-12-5-3-4-6-13(12)11-14/h12-14H,3-11H2,1-2H3,(H,18,19)(H,20,21). The van der Waals surface area contributed by atoms with E-state index in [4.69, 9.17) is 5.11 Å². The number of amides is 1. The molecule has 21 heavy (non-hydrogen) atoms. The number of aliphatic carboxylic acids is 1. The quantitative estimate of drug-likeness (QED) is 0.818. The Morgan fingerprint density at radius 3 is 2.43 bits per heavy atom. The molecule has 0 heterocycles. The van der Waals surface area contributed by atoms with E-state index < -0.39 is 11.4 Å². The van der Waals surface area contributed by atoms with E-state index >= 15 is 0 Å². The molecule has 1 amide bonds. The largest absolute Gasteiger partial charge is 0.481 e. The summed E-state index contributed by atoms with van der Waals surface area (Å²) < 4.78 is 0. The average molecular weight is 295 g/mol. The average Bonchev–Trinajstić information content (AvgIpc) is 2.46. The van der Waals surface area contributed by atoms with Crippen LogP contribution in [0.1, 0.15) is 65.2 Å². The Balaban J connectivity index is 1.75. The third-order valence-electron chi connectivity index (χ3n) is 5.54. The molecule has 0 saturated heterocycles. The Hall–Kier alpha value is -1.06. The number of carboxylic acid groups (broad SMARTS) is 1. The predicted octanol–water partition coefficient (Wildman–Crippen LogP) is 3.21. The maximum absolute atomic E-state index is 12.3. The Morgan fingerprint density at radius 2 is 1.76 bits per heavy atom. The molecule has 0 aromatic heterocycles. The second-order valence-electron chi connectivity index (χ2n) is 7.54. The third kappa shape index (κ3) is 4.21. The fraction of sp³-hybridized carbons (Fsp3) is 0.882. The van der Waals surface area contributed by atoms with Gasteiger partial charge in [-0.1, -0.05) is 25.7 Å². The maximum Gasteiger partial charge on any atom is 0.309 e. The predicted molar refractivity (Wildman–Crippen MR) is 81.8 cm³/mol. The topological polar surface area (TPSA) is 66.4 Å². The molecule has 4 heteroatoms. The molecule has 3 atom stereocenters. The zero-order chi connectivity index (χ0) is 15.5. The summed E-state index contributed by atoms with van der Waals surface area (Å²) >= 11 is 0. The van der Waals surface area contributed by atoms with Crippen LogP contribution in [-0.2, 0) is 9.59 Å². The third-order valence-corrected chi connectivity index (χ3v) is 5.54. The molecule has 2 aliphatic carbocycles. The lowest BCUT2D eigenvalue weighted by molar-refractivity contribution is -0.147. The van der Waals surface area contributed by atoms with Gasteiger partial charge in [-0.15, -0.1) is 0 Å². The van der Waals surface area contributed by atoms with Gasteiger partial charge >= 0.3 is 5.97 Å². The number of fused-ring (bicyclic) bond motifs is 1. The van der Waals surface area contributed by atoms with Crippen LogP contribution in [0.15, 0.2) is 0 Å². The van der Waals surface area contributed by atoms with Gasteiger partial charge in [-0.25, -0.2) is 0 Å². The number of hydrogen-bond donors (Lipinski definition) is 2. The van der Waals surface area contributed by atoms with Crippen molar-refractivity contribution in [2.45, 2.75) is 65.2 Å². The molecule has 3 unspecified atom stereocenters. The minimum Gasteiger partial charge on any atom is -0.481 e. The summed E-state index contributed by atoms with van der Waals surface area (Å²) in [4.78, 5) is 23.3. The highest BCUT2D eigenvalue weighted by Gasteiger charge is 2.35. The summed E-state index contributed by atoms with van der Waals surface area (Å²) in [6.45, 7) is 3.87. The zero-order valence-electron chi connectivity index (χ0n) is 13.4. The highest BCUT2D eigenvalue weighted by molar-refractivity contribution is 5.79. The van der Waals surface area contributed by atoms with Crippen LogP contribution >= 0.6 is 0 Å². The number of nitrogens with one attached hydrogen (secondary N) is 1. The van der Waals surface area contributed by atoms with E-state index in [0.29, 0.717) is 13.0 Å². The van der Waals surface area contributed by atoms with E-state index in [2.05, 4.69) is 5.32 Å². The van der Waals surface area contributed by atoms with E-state index in [1.54, 1.807) is 13.8 Å². The number of carboxylic acids is 1. The van der Waals surface area contributed by atoms with E-state index in [1.165, 1.54) is 32.1 Å². The van der Waals surface area contributed by atoms with E-state index in [9.17, 15) is 9.59 Å². The second kappa shape index (κ2) is 6.80. The van der Waals surface area contributed by atoms with Crippen LogP contribution in [0.25, 0.3) is 0 Å². The van der Waals surface area contributed by atoms with Crippen LogP contribution in [-0.4, -0.2) is 23.5 Å². The first-order valence-electron chi connectivity index (χ1n) is 8.41. The molecule has 2 aliphatic rings. The van der Waals surface area contributed by atoms with E-state index in [-0.39, 0.29) is 11.8 Å². The van der Waals surface area contributed by atoms with Gasteiger partial charge < -0.3 is 10.4 Å². The van der Waals surface area contributed by atoms with Crippen molar-refractivity contribution < 1.29 is 14.7 Å². The van der Waals surface area contributed by atoms with Crippen molar-refractivity contribution in [1.29, 1.82) is 0 Å². The minimum absolute atomic E-state index is 0.139. The van der Waals surface area contributed by atoms with Crippen molar-refractivity contribution >= 4 is 11.9 Å². The lowest BCUT2D eigenvalue weighted by atomic mass is 9.67. The zero-order valence-corrected chi connectivity index (χ0v) is 13.4. The Labute approximate surface area is 127 Å². The first-order valence-corrected chi connectivity index (χ1v) is 8.41. The molecule has 0 spiro atoms. The van der Waals surface area contributed by atoms with Gasteiger partial charge in [-0.3, -0.25) is 9.59 Å². The molecular weight excluding hydrogens is 266 g/mol. The van der Waals surface area contributed by atoms with Crippen molar-refractivity contribution in [3.05, 3.63) is 0 Å². The fourth-order valence-electron chi connectivity index (χ4n) is 3.86. The summed E-state index contributed by atoms with van der Waals surface area (Å²) in [7, 11) is 0. The Morgan fingerprint density at radius 1 is 1.10 bits per heavy atom. The summed E-state index contributed by atoms with van der Waals surface area (Å²) in [5, 5.41) is 12.0. The van der Waals surface area contributed by atoms with Gasteiger partial charge in [0.2, 0.25) is 5.91 Å². The van der Waals surface area contributed by atoms with E-state index in [0.717, 1.165) is 24.7 Å². The first-order chi connectivity index (χ1) is 9.90. The fourth-order valence-corrected chi connectivity index (χ4v) is 3.86. The first kappa shape index (κ1) is 16.3. The number of hydrogen-bond acceptors (Lipinski definition) is 2. The summed E-state index contributed by atoms with van der Waals surface area (Å²) in [5.41, 5.74) is -0.770. The van der Waals surface area contributed by atoms with Crippen LogP contribution < -0.4 is 5.32 Å². The number of carbonyl (C=O) groups excluding carboxylic acids is 1. The van der Waals surface area contributed by atoms with Crippen LogP contribution in [0.2, 0.25) is 0 Å². The van der Waals surface area contributed by atoms with Crippen molar-refractivity contribution in [2.24, 2.45) is 23.2 Å². The van der Waals surface area contributed by atoms with Gasteiger partial charge in [0, 0.05) is 12.5 Å². The molecule has 0 aromatic rings. The van der Waals surface area contributed by atoms with Crippen molar-refractivity contribution in [1.82, 2.24) is 5.32 Å². The summed E-state index contributed by atoms with van der Waals surface area (Å²) in [5.74, 6) is 1.09. The van der Waals surface area contributed by atoms with Gasteiger partial charge in [0.25, 0.3) is 0 Å². The van der Waals surface area contributed by atoms with Crippen LogP contribution in [0.5, 0.6) is 0 Å². The summed E-state index contributed by atoms with van der Waals surface area (Å²) in [6, 6.07) is 0. The van der Waals surface area contributed by atoms with Crippen molar-refractivity contribution in [2.75, 3.05) is 6.54 Å². The molecule has 120 valence electrons. The highest BCUT2D eigenvalue weighted by Crippen LogP contribution is 2.42. The molecule has 2 N–H and O–H groups in total. The molecular formula is C17H29NO3. The molecule has 2 rings (SSSR count). The van der Waals surface area contributed by atoms with Crippen LogP contribution in [0, 0.1) is 23.2 Å². The van der Waals surface area contributed by atoms with Crippen molar-refractivity contribution in [3.8, 4) is 0 Å². The number of carbonyl (C=O) groups is 2. The monoisotopic (exact) mass is 295 g/mol. The molecule has 0 aromatic carbocycles. The Kier molecular flexibility index (Phi) is 5.28. The maximum atomic E-state index is 12.3. The lowest BCUT2D eigenvalue weighted by Gasteiger charge is -2.38. The SMILES string of the molecule is CC(C)(CCNC(=O)C1CCC2CCCCC2C1)C(=O)O. The Bertz CT molecular complexity index is 391. The normalized spacial score (nSPS) is 29.5. The van der Waals surface area contributed by atoms with Crippen molar-refractivity contribution in [3.63, 3.8) is 0 Å².